The summed E-state index contributed by atoms with van der Waals surface area (Å²) in [6.07, 6.45) is 1.14. The summed E-state index contributed by atoms with van der Waals surface area (Å²) < 4.78 is 26.8. The molecule has 1 fully saturated rings. The van der Waals surface area contributed by atoms with Crippen molar-refractivity contribution in [1.82, 2.24) is 10.0 Å². The molecule has 0 radical (unpaired) electrons. The van der Waals surface area contributed by atoms with Crippen molar-refractivity contribution in [3.05, 3.63) is 35.4 Å². The van der Waals surface area contributed by atoms with Gasteiger partial charge in [0.1, 0.15) is 0 Å². The summed E-state index contributed by atoms with van der Waals surface area (Å²) in [6.45, 7) is 6.47. The molecule has 2 N–H and O–H groups in total. The van der Waals surface area contributed by atoms with Crippen LogP contribution in [0, 0.1) is 11.8 Å². The Balaban J connectivity index is 1.90. The van der Waals surface area contributed by atoms with Crippen LogP contribution < -0.4 is 10.0 Å². The Morgan fingerprint density at radius 3 is 2.65 bits per heavy atom. The number of sulfonamides is 1. The molecule has 0 amide bonds. The molecular weight excluding hydrogens is 272 g/mol. The van der Waals surface area contributed by atoms with E-state index in [0.717, 1.165) is 30.6 Å². The molecule has 2 unspecified atom stereocenters. The molecule has 0 aliphatic heterocycles. The summed E-state index contributed by atoms with van der Waals surface area (Å²) in [5.41, 5.74) is 1.96. The van der Waals surface area contributed by atoms with Crippen LogP contribution in [-0.4, -0.2) is 21.5 Å². The minimum absolute atomic E-state index is 0.0636. The Hall–Kier alpha value is -0.910. The average molecular weight is 296 g/mol. The largest absolute Gasteiger partial charge is 0.313 e. The third kappa shape index (κ3) is 4.89. The predicted octanol–water partition coefficient (Wildman–Crippen LogP) is 1.87. The fraction of sp³-hybridized carbons (Fsp3) is 0.600. The molecule has 5 heteroatoms. The normalized spacial score (nSPS) is 21.9. The molecule has 0 spiro atoms. The molecule has 1 aromatic carbocycles. The Labute approximate surface area is 122 Å². The summed E-state index contributed by atoms with van der Waals surface area (Å²) in [4.78, 5) is 0. The second-order valence-corrected chi connectivity index (χ2v) is 7.49. The van der Waals surface area contributed by atoms with Crippen molar-refractivity contribution < 1.29 is 8.42 Å². The molecule has 4 nitrogen and oxygen atoms in total. The van der Waals surface area contributed by atoms with Crippen molar-refractivity contribution in [2.75, 3.05) is 13.1 Å². The lowest BCUT2D eigenvalue weighted by Crippen LogP contribution is -2.27. The summed E-state index contributed by atoms with van der Waals surface area (Å²) in [5, 5.41) is 3.24. The molecule has 0 aromatic heterocycles. The van der Waals surface area contributed by atoms with Gasteiger partial charge in [0, 0.05) is 13.1 Å². The molecule has 1 aromatic rings. The minimum Gasteiger partial charge on any atom is -0.313 e. The van der Waals surface area contributed by atoms with E-state index in [1.807, 2.05) is 24.3 Å². The third-order valence-electron chi connectivity index (χ3n) is 3.77. The Morgan fingerprint density at radius 1 is 1.30 bits per heavy atom. The predicted molar refractivity (Wildman–Crippen MR) is 81.7 cm³/mol. The molecule has 1 aliphatic carbocycles. The zero-order valence-corrected chi connectivity index (χ0v) is 13.0. The highest BCUT2D eigenvalue weighted by Gasteiger charge is 2.33. The van der Waals surface area contributed by atoms with E-state index in [-0.39, 0.29) is 5.75 Å². The summed E-state index contributed by atoms with van der Waals surface area (Å²) in [6, 6.07) is 7.76. The highest BCUT2D eigenvalue weighted by Crippen LogP contribution is 2.36. The fourth-order valence-electron chi connectivity index (χ4n) is 2.29. The molecule has 20 heavy (non-hydrogen) atoms. The number of hydrogen-bond acceptors (Lipinski definition) is 3. The van der Waals surface area contributed by atoms with Gasteiger partial charge in [0.15, 0.2) is 0 Å². The first kappa shape index (κ1) is 15.5. The van der Waals surface area contributed by atoms with Crippen LogP contribution in [0.1, 0.15) is 31.4 Å². The number of hydrogen-bond donors (Lipinski definition) is 2. The van der Waals surface area contributed by atoms with Crippen LogP contribution >= 0.6 is 0 Å². The lowest BCUT2D eigenvalue weighted by molar-refractivity contribution is 0.573. The van der Waals surface area contributed by atoms with E-state index in [4.69, 9.17) is 0 Å². The second-order valence-electron chi connectivity index (χ2n) is 5.68. The van der Waals surface area contributed by atoms with E-state index in [1.165, 1.54) is 0 Å². The van der Waals surface area contributed by atoms with Gasteiger partial charge in [-0.1, -0.05) is 38.1 Å². The van der Waals surface area contributed by atoms with Gasteiger partial charge in [-0.2, -0.15) is 0 Å². The monoisotopic (exact) mass is 296 g/mol. The van der Waals surface area contributed by atoms with Crippen molar-refractivity contribution in [1.29, 1.82) is 0 Å². The van der Waals surface area contributed by atoms with Crippen LogP contribution in [0.15, 0.2) is 24.3 Å². The van der Waals surface area contributed by atoms with Gasteiger partial charge in [0.05, 0.1) is 5.75 Å². The van der Waals surface area contributed by atoms with Gasteiger partial charge >= 0.3 is 0 Å². The van der Waals surface area contributed by atoms with Crippen LogP contribution in [0.5, 0.6) is 0 Å². The smallest absolute Gasteiger partial charge is 0.215 e. The van der Waals surface area contributed by atoms with Gasteiger partial charge in [-0.25, -0.2) is 13.1 Å². The highest BCUT2D eigenvalue weighted by atomic mass is 32.2. The zero-order valence-electron chi connectivity index (χ0n) is 12.2. The lowest BCUT2D eigenvalue weighted by atomic mass is 10.1. The Morgan fingerprint density at radius 2 is 2.00 bits per heavy atom. The maximum Gasteiger partial charge on any atom is 0.215 e. The second kappa shape index (κ2) is 6.70. The van der Waals surface area contributed by atoms with Crippen LogP contribution in [0.25, 0.3) is 0 Å². The third-order valence-corrected chi connectivity index (χ3v) is 5.09. The first-order valence-electron chi connectivity index (χ1n) is 7.26. The summed E-state index contributed by atoms with van der Waals surface area (Å²) >= 11 is 0. The van der Waals surface area contributed by atoms with E-state index in [9.17, 15) is 8.42 Å². The highest BCUT2D eigenvalue weighted by molar-refractivity contribution is 7.88. The van der Waals surface area contributed by atoms with Crippen LogP contribution in [0.2, 0.25) is 0 Å². The molecule has 0 heterocycles. The van der Waals surface area contributed by atoms with Crippen molar-refractivity contribution in [3.8, 4) is 0 Å². The van der Waals surface area contributed by atoms with Crippen molar-refractivity contribution in [2.45, 2.75) is 32.6 Å². The number of benzene rings is 1. The topological polar surface area (TPSA) is 58.2 Å². The van der Waals surface area contributed by atoms with E-state index in [2.05, 4.69) is 23.9 Å². The van der Waals surface area contributed by atoms with E-state index in [0.29, 0.717) is 18.4 Å². The van der Waals surface area contributed by atoms with Crippen LogP contribution in [-0.2, 0) is 22.3 Å². The maximum atomic E-state index is 12.0. The first-order chi connectivity index (χ1) is 9.50. The summed E-state index contributed by atoms with van der Waals surface area (Å²) in [5.74, 6) is 1.26. The number of rotatable bonds is 8. The minimum atomic E-state index is -3.22. The van der Waals surface area contributed by atoms with Crippen LogP contribution in [0.4, 0.5) is 0 Å². The van der Waals surface area contributed by atoms with Gasteiger partial charge in [0.25, 0.3) is 0 Å². The number of nitrogens with one attached hydrogen (secondary N) is 2. The molecule has 1 aliphatic rings. The molecule has 2 rings (SSSR count). The standard InChI is InChI=1S/C15H24N2O2S/c1-3-16-9-13-5-4-6-14(8-13)11-20(18,19)17-10-15-7-12(15)2/h4-6,8,12,15-17H,3,7,9-11H2,1-2H3. The molecule has 0 saturated heterocycles. The Kier molecular flexibility index (Phi) is 5.18. The van der Waals surface area contributed by atoms with Gasteiger partial charge < -0.3 is 5.32 Å². The van der Waals surface area contributed by atoms with Crippen molar-refractivity contribution in [3.63, 3.8) is 0 Å². The fourth-order valence-corrected chi connectivity index (χ4v) is 3.48. The van der Waals surface area contributed by atoms with E-state index < -0.39 is 10.0 Å². The molecule has 0 bridgehead atoms. The van der Waals surface area contributed by atoms with Crippen molar-refractivity contribution >= 4 is 10.0 Å². The quantitative estimate of drug-likeness (QED) is 0.770. The molecule has 2 atom stereocenters. The van der Waals surface area contributed by atoms with Gasteiger partial charge in [-0.05, 0) is 35.9 Å². The van der Waals surface area contributed by atoms with Gasteiger partial charge in [-0.3, -0.25) is 0 Å². The Bertz CT molecular complexity index is 543. The van der Waals surface area contributed by atoms with E-state index in [1.54, 1.807) is 0 Å². The van der Waals surface area contributed by atoms with Crippen molar-refractivity contribution in [2.24, 2.45) is 11.8 Å². The van der Waals surface area contributed by atoms with Crippen LogP contribution in [0.3, 0.4) is 0 Å². The van der Waals surface area contributed by atoms with Gasteiger partial charge in [-0.15, -0.1) is 0 Å². The molecule has 1 saturated carbocycles. The molecule has 112 valence electrons. The SMILES string of the molecule is CCNCc1cccc(CS(=O)(=O)NCC2CC2C)c1. The maximum absolute atomic E-state index is 12.0. The van der Waals surface area contributed by atoms with E-state index >= 15 is 0 Å². The first-order valence-corrected chi connectivity index (χ1v) is 8.91. The van der Waals surface area contributed by atoms with Gasteiger partial charge in [0.2, 0.25) is 10.0 Å². The lowest BCUT2D eigenvalue weighted by Gasteiger charge is -2.08. The average Bonchev–Trinajstić information content (AvgIpc) is 3.10. The zero-order chi connectivity index (χ0) is 14.6. The molecular formula is C15H24N2O2S. The summed E-state index contributed by atoms with van der Waals surface area (Å²) in [7, 11) is -3.22.